The molecule has 2 aromatic carbocycles. The summed E-state index contributed by atoms with van der Waals surface area (Å²) in [6.07, 6.45) is 1.67. The Bertz CT molecular complexity index is 889. The first-order valence-electron chi connectivity index (χ1n) is 8.67. The molecule has 0 saturated heterocycles. The summed E-state index contributed by atoms with van der Waals surface area (Å²) in [6.45, 7) is 4.98. The van der Waals surface area contributed by atoms with Crippen molar-refractivity contribution in [1.29, 1.82) is 0 Å². The lowest BCUT2D eigenvalue weighted by Gasteiger charge is -2.27. The molecule has 0 radical (unpaired) electrons. The van der Waals surface area contributed by atoms with Gasteiger partial charge in [-0.15, -0.1) is 5.10 Å². The molecule has 0 aliphatic rings. The molecule has 1 N–H and O–H groups in total. The third-order valence-electron chi connectivity index (χ3n) is 4.07. The van der Waals surface area contributed by atoms with Crippen molar-refractivity contribution < 1.29 is 4.74 Å². The lowest BCUT2D eigenvalue weighted by Crippen LogP contribution is -2.31. The number of halogens is 1. The summed E-state index contributed by atoms with van der Waals surface area (Å²) in [7, 11) is 1.60. The van der Waals surface area contributed by atoms with Crippen LogP contribution in [-0.2, 0) is 6.54 Å². The summed E-state index contributed by atoms with van der Waals surface area (Å²) in [6, 6.07) is 15.8. The Hall–Kier alpha value is -2.86. The lowest BCUT2D eigenvalue weighted by atomic mass is 10.2. The second-order valence-electron chi connectivity index (χ2n) is 6.32. The molecule has 0 bridgehead atoms. The minimum absolute atomic E-state index is 0.246. The molecule has 1 heterocycles. The highest BCUT2D eigenvalue weighted by atomic mass is 35.5. The Morgan fingerprint density at radius 2 is 1.93 bits per heavy atom. The predicted molar refractivity (Wildman–Crippen MR) is 109 cm³/mol. The van der Waals surface area contributed by atoms with Crippen molar-refractivity contribution in [2.45, 2.75) is 26.4 Å². The largest absolute Gasteiger partial charge is 0.495 e. The van der Waals surface area contributed by atoms with Crippen LogP contribution in [0.1, 0.15) is 19.4 Å². The standard InChI is InChI=1S/C20H22ClN5O/c1-14(2)26(13-15-7-5-4-6-8-15)19-12-22-25-20(24-19)23-17-11-16(21)9-10-18(17)27-3/h4-12,14H,13H2,1-3H3,(H,23,24,25). The zero-order valence-electron chi connectivity index (χ0n) is 15.6. The third-order valence-corrected chi connectivity index (χ3v) is 4.30. The van der Waals surface area contributed by atoms with Crippen LogP contribution >= 0.6 is 11.6 Å². The van der Waals surface area contributed by atoms with Gasteiger partial charge >= 0.3 is 0 Å². The van der Waals surface area contributed by atoms with E-state index >= 15 is 0 Å². The van der Waals surface area contributed by atoms with Crippen LogP contribution in [0.2, 0.25) is 5.02 Å². The number of ether oxygens (including phenoxy) is 1. The fourth-order valence-electron chi connectivity index (χ4n) is 2.69. The molecule has 7 heteroatoms. The number of anilines is 3. The van der Waals surface area contributed by atoms with Gasteiger partial charge in [-0.1, -0.05) is 41.9 Å². The van der Waals surface area contributed by atoms with Gasteiger partial charge in [0.25, 0.3) is 0 Å². The third kappa shape index (κ3) is 4.86. The van der Waals surface area contributed by atoms with Gasteiger partial charge in [0.15, 0.2) is 5.82 Å². The predicted octanol–water partition coefficient (Wildman–Crippen LogP) is 4.69. The van der Waals surface area contributed by atoms with Crippen LogP contribution in [0.5, 0.6) is 5.75 Å². The number of hydrogen-bond donors (Lipinski definition) is 1. The molecule has 140 valence electrons. The molecule has 1 aromatic heterocycles. The number of nitrogens with one attached hydrogen (secondary N) is 1. The van der Waals surface area contributed by atoms with Crippen LogP contribution in [0.4, 0.5) is 17.5 Å². The van der Waals surface area contributed by atoms with E-state index in [1.165, 1.54) is 5.56 Å². The monoisotopic (exact) mass is 383 g/mol. The van der Waals surface area contributed by atoms with Crippen molar-refractivity contribution in [3.63, 3.8) is 0 Å². The van der Waals surface area contributed by atoms with Gasteiger partial charge in [-0.3, -0.25) is 0 Å². The van der Waals surface area contributed by atoms with Gasteiger partial charge in [0, 0.05) is 17.6 Å². The van der Waals surface area contributed by atoms with Gasteiger partial charge in [-0.05, 0) is 37.6 Å². The summed E-state index contributed by atoms with van der Waals surface area (Å²) in [5.41, 5.74) is 1.89. The molecule has 0 unspecified atom stereocenters. The lowest BCUT2D eigenvalue weighted by molar-refractivity contribution is 0.417. The Morgan fingerprint density at radius 3 is 2.63 bits per heavy atom. The Balaban J connectivity index is 1.86. The zero-order valence-corrected chi connectivity index (χ0v) is 16.3. The average molecular weight is 384 g/mol. The van der Waals surface area contributed by atoms with Crippen molar-refractivity contribution in [3.05, 3.63) is 65.3 Å². The SMILES string of the molecule is COc1ccc(Cl)cc1Nc1nncc(N(Cc2ccccc2)C(C)C)n1. The number of methoxy groups -OCH3 is 1. The molecule has 0 fully saturated rings. The van der Waals surface area contributed by atoms with Crippen LogP contribution < -0.4 is 15.0 Å². The van der Waals surface area contributed by atoms with Crippen molar-refractivity contribution in [2.75, 3.05) is 17.3 Å². The van der Waals surface area contributed by atoms with E-state index in [0.717, 1.165) is 12.4 Å². The minimum atomic E-state index is 0.246. The maximum Gasteiger partial charge on any atom is 0.249 e. The highest BCUT2D eigenvalue weighted by Crippen LogP contribution is 2.30. The number of benzene rings is 2. The van der Waals surface area contributed by atoms with E-state index in [0.29, 0.717) is 22.4 Å². The van der Waals surface area contributed by atoms with Gasteiger partial charge in [-0.2, -0.15) is 10.1 Å². The molecule has 27 heavy (non-hydrogen) atoms. The first-order chi connectivity index (χ1) is 13.1. The smallest absolute Gasteiger partial charge is 0.249 e. The van der Waals surface area contributed by atoms with E-state index in [4.69, 9.17) is 16.3 Å². The van der Waals surface area contributed by atoms with E-state index in [2.05, 4.69) is 51.4 Å². The molecule has 0 saturated carbocycles. The Kier molecular flexibility index (Phi) is 6.08. The topological polar surface area (TPSA) is 63.2 Å². The molecule has 3 rings (SSSR count). The molecule has 0 aliphatic carbocycles. The molecule has 0 amide bonds. The van der Waals surface area contributed by atoms with E-state index < -0.39 is 0 Å². The second kappa shape index (κ2) is 8.68. The van der Waals surface area contributed by atoms with Crippen LogP contribution in [0.3, 0.4) is 0 Å². The van der Waals surface area contributed by atoms with Crippen molar-refractivity contribution in [2.24, 2.45) is 0 Å². The van der Waals surface area contributed by atoms with Crippen molar-refractivity contribution in [3.8, 4) is 5.75 Å². The fourth-order valence-corrected chi connectivity index (χ4v) is 2.86. The number of aromatic nitrogens is 3. The van der Waals surface area contributed by atoms with Gasteiger partial charge in [0.2, 0.25) is 5.95 Å². The van der Waals surface area contributed by atoms with Gasteiger partial charge < -0.3 is 15.0 Å². The quantitative estimate of drug-likeness (QED) is 0.638. The van der Waals surface area contributed by atoms with Crippen LogP contribution in [0.25, 0.3) is 0 Å². The fraction of sp³-hybridized carbons (Fsp3) is 0.250. The number of nitrogens with zero attached hydrogens (tertiary/aromatic N) is 4. The zero-order chi connectivity index (χ0) is 19.2. The van der Waals surface area contributed by atoms with Gasteiger partial charge in [-0.25, -0.2) is 0 Å². The Morgan fingerprint density at radius 1 is 1.15 bits per heavy atom. The van der Waals surface area contributed by atoms with E-state index in [1.54, 1.807) is 31.5 Å². The van der Waals surface area contributed by atoms with Crippen molar-refractivity contribution >= 4 is 29.1 Å². The normalized spacial score (nSPS) is 10.7. The Labute approximate surface area is 164 Å². The van der Waals surface area contributed by atoms with E-state index in [1.807, 2.05) is 18.2 Å². The minimum Gasteiger partial charge on any atom is -0.495 e. The summed E-state index contributed by atoms with van der Waals surface area (Å²) in [4.78, 5) is 6.80. The maximum absolute atomic E-state index is 6.09. The summed E-state index contributed by atoms with van der Waals surface area (Å²) in [5, 5.41) is 11.9. The van der Waals surface area contributed by atoms with Crippen LogP contribution in [0.15, 0.2) is 54.7 Å². The van der Waals surface area contributed by atoms with Crippen LogP contribution in [-0.4, -0.2) is 28.3 Å². The van der Waals surface area contributed by atoms with E-state index in [9.17, 15) is 0 Å². The molecule has 6 nitrogen and oxygen atoms in total. The molecule has 3 aromatic rings. The summed E-state index contributed by atoms with van der Waals surface area (Å²) < 4.78 is 5.36. The van der Waals surface area contributed by atoms with Crippen LogP contribution in [0, 0.1) is 0 Å². The highest BCUT2D eigenvalue weighted by molar-refractivity contribution is 6.31. The number of hydrogen-bond acceptors (Lipinski definition) is 6. The highest BCUT2D eigenvalue weighted by Gasteiger charge is 2.15. The van der Waals surface area contributed by atoms with Gasteiger partial charge in [0.05, 0.1) is 19.0 Å². The molecule has 0 atom stereocenters. The van der Waals surface area contributed by atoms with E-state index in [-0.39, 0.29) is 6.04 Å². The summed E-state index contributed by atoms with van der Waals surface area (Å²) >= 11 is 6.09. The molecule has 0 spiro atoms. The first-order valence-corrected chi connectivity index (χ1v) is 9.05. The second-order valence-corrected chi connectivity index (χ2v) is 6.75. The molecular formula is C20H22ClN5O. The molecule has 0 aliphatic heterocycles. The van der Waals surface area contributed by atoms with Crippen molar-refractivity contribution in [1.82, 2.24) is 15.2 Å². The van der Waals surface area contributed by atoms with Gasteiger partial charge in [0.1, 0.15) is 5.75 Å². The maximum atomic E-state index is 6.09. The number of rotatable bonds is 7. The summed E-state index contributed by atoms with van der Waals surface area (Å²) in [5.74, 6) is 1.78. The molecular weight excluding hydrogens is 362 g/mol. The average Bonchev–Trinajstić information content (AvgIpc) is 2.67. The first kappa shape index (κ1) is 18.9.